The molecule has 134 valence electrons. The Morgan fingerprint density at radius 2 is 2.08 bits per heavy atom. The number of hydrogen-bond donors (Lipinski definition) is 2. The van der Waals surface area contributed by atoms with E-state index in [1.54, 1.807) is 6.20 Å². The van der Waals surface area contributed by atoms with Crippen molar-refractivity contribution in [3.05, 3.63) is 33.5 Å². The van der Waals surface area contributed by atoms with Gasteiger partial charge in [-0.05, 0) is 38.8 Å². The Balaban J connectivity index is 1.46. The van der Waals surface area contributed by atoms with Gasteiger partial charge in [0.2, 0.25) is 5.91 Å². The molecule has 25 heavy (non-hydrogen) atoms. The minimum Gasteiger partial charge on any atom is -0.349 e. The highest BCUT2D eigenvalue weighted by atomic mass is 32.1. The topological polar surface area (TPSA) is 74.3 Å². The van der Waals surface area contributed by atoms with E-state index in [0.29, 0.717) is 5.13 Å². The van der Waals surface area contributed by atoms with Crippen molar-refractivity contribution >= 4 is 39.6 Å². The molecule has 1 aliphatic rings. The molecule has 3 rings (SSSR count). The predicted molar refractivity (Wildman–Crippen MR) is 101 cm³/mol. The number of amides is 2. The summed E-state index contributed by atoms with van der Waals surface area (Å²) in [4.78, 5) is 32.7. The summed E-state index contributed by atoms with van der Waals surface area (Å²) >= 11 is 2.93. The second kappa shape index (κ2) is 8.07. The number of nitrogens with zero attached hydrogens (tertiary/aromatic N) is 2. The first-order valence-electron chi connectivity index (χ1n) is 8.34. The Morgan fingerprint density at radius 3 is 2.68 bits per heavy atom. The van der Waals surface area contributed by atoms with Crippen molar-refractivity contribution in [2.45, 2.75) is 38.8 Å². The van der Waals surface area contributed by atoms with E-state index in [-0.39, 0.29) is 23.9 Å². The van der Waals surface area contributed by atoms with Gasteiger partial charge in [-0.25, -0.2) is 4.98 Å². The Hall–Kier alpha value is -1.77. The minimum absolute atomic E-state index is 0.00566. The Kier molecular flexibility index (Phi) is 5.82. The maximum atomic E-state index is 12.3. The van der Waals surface area contributed by atoms with E-state index in [9.17, 15) is 9.59 Å². The summed E-state index contributed by atoms with van der Waals surface area (Å²) in [7, 11) is 0. The summed E-state index contributed by atoms with van der Waals surface area (Å²) in [6, 6.07) is 3.79. The predicted octanol–water partition coefficient (Wildman–Crippen LogP) is 2.73. The molecule has 1 fully saturated rings. The van der Waals surface area contributed by atoms with E-state index in [1.807, 2.05) is 31.4 Å². The summed E-state index contributed by atoms with van der Waals surface area (Å²) in [5.74, 6) is -0.0300. The van der Waals surface area contributed by atoms with Gasteiger partial charge in [0.25, 0.3) is 5.91 Å². The van der Waals surface area contributed by atoms with Crippen molar-refractivity contribution in [2.24, 2.45) is 0 Å². The maximum absolute atomic E-state index is 12.3. The van der Waals surface area contributed by atoms with E-state index in [1.165, 1.54) is 22.7 Å². The van der Waals surface area contributed by atoms with Crippen LogP contribution in [-0.2, 0) is 4.79 Å². The monoisotopic (exact) mass is 378 g/mol. The molecule has 2 aromatic rings. The zero-order valence-electron chi connectivity index (χ0n) is 14.3. The average Bonchev–Trinajstić information content (AvgIpc) is 3.26. The van der Waals surface area contributed by atoms with Crippen LogP contribution in [0.3, 0.4) is 0 Å². The van der Waals surface area contributed by atoms with Gasteiger partial charge in [-0.2, -0.15) is 0 Å². The lowest BCUT2D eigenvalue weighted by molar-refractivity contribution is -0.121. The quantitative estimate of drug-likeness (QED) is 0.839. The highest BCUT2D eigenvalue weighted by molar-refractivity contribution is 7.14. The number of thiazole rings is 1. The van der Waals surface area contributed by atoms with Crippen LogP contribution in [0.5, 0.6) is 0 Å². The van der Waals surface area contributed by atoms with Crippen LogP contribution in [0.4, 0.5) is 5.13 Å². The Bertz CT molecular complexity index is 721. The highest BCUT2D eigenvalue weighted by Crippen LogP contribution is 2.18. The summed E-state index contributed by atoms with van der Waals surface area (Å²) in [5, 5.41) is 8.42. The van der Waals surface area contributed by atoms with Crippen molar-refractivity contribution in [1.29, 1.82) is 0 Å². The SMILES string of the molecule is Cc1ccc(C(=O)NC2CCN([C@H](C)C(=O)Nc3nccs3)CC2)s1. The molecule has 1 aliphatic heterocycles. The van der Waals surface area contributed by atoms with Crippen molar-refractivity contribution in [3.63, 3.8) is 0 Å². The van der Waals surface area contributed by atoms with Crippen LogP contribution < -0.4 is 10.6 Å². The molecule has 0 saturated carbocycles. The van der Waals surface area contributed by atoms with Gasteiger partial charge in [0.05, 0.1) is 10.9 Å². The van der Waals surface area contributed by atoms with E-state index in [0.717, 1.165) is 35.7 Å². The Morgan fingerprint density at radius 1 is 1.32 bits per heavy atom. The highest BCUT2D eigenvalue weighted by Gasteiger charge is 2.27. The molecule has 1 atom stereocenters. The van der Waals surface area contributed by atoms with Crippen LogP contribution in [0.15, 0.2) is 23.7 Å². The van der Waals surface area contributed by atoms with Crippen molar-refractivity contribution in [1.82, 2.24) is 15.2 Å². The van der Waals surface area contributed by atoms with E-state index < -0.39 is 0 Å². The molecule has 8 heteroatoms. The third-order valence-corrected chi connectivity index (χ3v) is 6.11. The average molecular weight is 379 g/mol. The van der Waals surface area contributed by atoms with E-state index >= 15 is 0 Å². The fraction of sp³-hybridized carbons (Fsp3) is 0.471. The van der Waals surface area contributed by atoms with Crippen LogP contribution in [0.1, 0.15) is 34.3 Å². The fourth-order valence-corrected chi connectivity index (χ4v) is 4.21. The van der Waals surface area contributed by atoms with Gasteiger partial charge in [-0.1, -0.05) is 0 Å². The number of aryl methyl sites for hydroxylation is 1. The number of anilines is 1. The molecule has 0 aliphatic carbocycles. The molecule has 6 nitrogen and oxygen atoms in total. The number of rotatable bonds is 5. The summed E-state index contributed by atoms with van der Waals surface area (Å²) in [6.07, 6.45) is 3.38. The minimum atomic E-state index is -0.208. The van der Waals surface area contributed by atoms with Gasteiger partial charge in [-0.15, -0.1) is 22.7 Å². The lowest BCUT2D eigenvalue weighted by Crippen LogP contribution is -2.50. The van der Waals surface area contributed by atoms with Gasteiger partial charge in [0.1, 0.15) is 0 Å². The van der Waals surface area contributed by atoms with Crippen LogP contribution in [0.25, 0.3) is 0 Å². The van der Waals surface area contributed by atoms with Gasteiger partial charge in [0, 0.05) is 35.6 Å². The molecule has 2 aromatic heterocycles. The van der Waals surface area contributed by atoms with E-state index in [2.05, 4.69) is 20.5 Å². The van der Waals surface area contributed by atoms with Gasteiger partial charge < -0.3 is 10.6 Å². The maximum Gasteiger partial charge on any atom is 0.261 e. The number of nitrogens with one attached hydrogen (secondary N) is 2. The first kappa shape index (κ1) is 18.0. The molecule has 3 heterocycles. The zero-order valence-corrected chi connectivity index (χ0v) is 16.0. The first-order chi connectivity index (χ1) is 12.0. The standard InChI is InChI=1S/C17H22N4O2S2/c1-11-3-4-14(25-11)16(23)19-13-5-8-21(9-6-13)12(2)15(22)20-17-18-7-10-24-17/h3-4,7,10,12-13H,5-6,8-9H2,1-2H3,(H,19,23)(H,18,20,22)/t12-/m1/s1. The fourth-order valence-electron chi connectivity index (χ4n) is 2.91. The number of hydrogen-bond acceptors (Lipinski definition) is 6. The third-order valence-electron chi connectivity index (χ3n) is 4.42. The first-order valence-corrected chi connectivity index (χ1v) is 10.0. The van der Waals surface area contributed by atoms with Crippen LogP contribution >= 0.6 is 22.7 Å². The Labute approximate surface area is 155 Å². The van der Waals surface area contributed by atoms with Gasteiger partial charge in [-0.3, -0.25) is 14.5 Å². The second-order valence-corrected chi connectivity index (χ2v) is 8.38. The number of carbonyl (C=O) groups is 2. The van der Waals surface area contributed by atoms with Crippen molar-refractivity contribution in [2.75, 3.05) is 18.4 Å². The summed E-state index contributed by atoms with van der Waals surface area (Å²) in [5.41, 5.74) is 0. The molecule has 0 aromatic carbocycles. The molecule has 0 bridgehead atoms. The molecule has 0 spiro atoms. The van der Waals surface area contributed by atoms with Crippen LogP contribution in [-0.4, -0.2) is 46.9 Å². The number of aromatic nitrogens is 1. The molecular weight excluding hydrogens is 356 g/mol. The van der Waals surface area contributed by atoms with Crippen molar-refractivity contribution in [3.8, 4) is 0 Å². The number of piperidine rings is 1. The summed E-state index contributed by atoms with van der Waals surface area (Å²) in [6.45, 7) is 5.50. The van der Waals surface area contributed by atoms with Gasteiger partial charge in [0.15, 0.2) is 5.13 Å². The zero-order chi connectivity index (χ0) is 17.8. The lowest BCUT2D eigenvalue weighted by atomic mass is 10.0. The number of likely N-dealkylation sites (tertiary alicyclic amines) is 1. The lowest BCUT2D eigenvalue weighted by Gasteiger charge is -2.35. The molecule has 2 amide bonds. The smallest absolute Gasteiger partial charge is 0.261 e. The molecular formula is C17H22N4O2S2. The number of thiophene rings is 1. The number of carbonyl (C=O) groups excluding carboxylic acids is 2. The second-order valence-electron chi connectivity index (χ2n) is 6.20. The summed E-state index contributed by atoms with van der Waals surface area (Å²) < 4.78 is 0. The third kappa shape index (κ3) is 4.65. The molecule has 2 N–H and O–H groups in total. The van der Waals surface area contributed by atoms with E-state index in [4.69, 9.17) is 0 Å². The largest absolute Gasteiger partial charge is 0.349 e. The molecule has 0 radical (unpaired) electrons. The van der Waals surface area contributed by atoms with Crippen LogP contribution in [0.2, 0.25) is 0 Å². The van der Waals surface area contributed by atoms with Gasteiger partial charge >= 0.3 is 0 Å². The van der Waals surface area contributed by atoms with Crippen molar-refractivity contribution < 1.29 is 9.59 Å². The van der Waals surface area contributed by atoms with Crippen LogP contribution in [0, 0.1) is 6.92 Å². The molecule has 0 unspecified atom stereocenters. The molecule has 1 saturated heterocycles. The normalized spacial score (nSPS) is 17.2.